The summed E-state index contributed by atoms with van der Waals surface area (Å²) in [4.78, 5) is 0. The number of aryl methyl sites for hydroxylation is 1. The van der Waals surface area contributed by atoms with Gasteiger partial charge in [-0.1, -0.05) is 46.2 Å². The van der Waals surface area contributed by atoms with Crippen LogP contribution in [0.1, 0.15) is 46.7 Å². The van der Waals surface area contributed by atoms with Gasteiger partial charge >= 0.3 is 0 Å². The van der Waals surface area contributed by atoms with Gasteiger partial charge in [0.25, 0.3) is 0 Å². The van der Waals surface area contributed by atoms with Gasteiger partial charge in [-0.25, -0.2) is 4.68 Å². The van der Waals surface area contributed by atoms with E-state index in [1.807, 2.05) is 4.68 Å². The number of nitrogen functional groups attached to an aromatic ring is 1. The summed E-state index contributed by atoms with van der Waals surface area (Å²) in [6.07, 6.45) is 1.06. The van der Waals surface area contributed by atoms with E-state index in [2.05, 4.69) is 39.7 Å². The van der Waals surface area contributed by atoms with Gasteiger partial charge in [0.2, 0.25) is 0 Å². The van der Waals surface area contributed by atoms with Crippen molar-refractivity contribution in [3.05, 3.63) is 10.7 Å². The molecule has 4 heteroatoms. The second-order valence-electron chi connectivity index (χ2n) is 5.70. The second-order valence-corrected chi connectivity index (χ2v) is 6.08. The Morgan fingerprint density at radius 2 is 1.94 bits per heavy atom. The lowest BCUT2D eigenvalue weighted by atomic mass is 9.92. The number of hydrogen-bond donors (Lipinski definition) is 1. The number of rotatable bonds is 3. The van der Waals surface area contributed by atoms with Gasteiger partial charge in [-0.2, -0.15) is 5.10 Å². The Morgan fingerprint density at radius 3 is 2.31 bits per heavy atom. The van der Waals surface area contributed by atoms with E-state index < -0.39 is 0 Å². The van der Waals surface area contributed by atoms with Crippen molar-refractivity contribution in [3.8, 4) is 0 Å². The van der Waals surface area contributed by atoms with E-state index in [9.17, 15) is 0 Å². The standard InChI is InChI=1S/C12H22ClN3/c1-8(2)6-7-16-11(14)9(13)10(15-16)12(3,4)5/h8H,6-7,14H2,1-5H3. The maximum Gasteiger partial charge on any atom is 0.140 e. The van der Waals surface area contributed by atoms with Gasteiger partial charge in [-0.15, -0.1) is 0 Å². The molecule has 0 aromatic carbocycles. The van der Waals surface area contributed by atoms with E-state index in [-0.39, 0.29) is 5.41 Å². The Hall–Kier alpha value is -0.700. The summed E-state index contributed by atoms with van der Waals surface area (Å²) < 4.78 is 1.82. The van der Waals surface area contributed by atoms with Crippen molar-refractivity contribution in [1.82, 2.24) is 9.78 Å². The Morgan fingerprint density at radius 1 is 1.38 bits per heavy atom. The fourth-order valence-electron chi connectivity index (χ4n) is 1.48. The molecular weight excluding hydrogens is 222 g/mol. The molecule has 1 rings (SSSR count). The number of anilines is 1. The lowest BCUT2D eigenvalue weighted by Crippen LogP contribution is -2.14. The van der Waals surface area contributed by atoms with Crippen LogP contribution < -0.4 is 5.73 Å². The maximum atomic E-state index is 6.21. The molecule has 0 saturated heterocycles. The highest BCUT2D eigenvalue weighted by molar-refractivity contribution is 6.33. The smallest absolute Gasteiger partial charge is 0.140 e. The minimum absolute atomic E-state index is 0.0612. The Labute approximate surface area is 103 Å². The van der Waals surface area contributed by atoms with E-state index >= 15 is 0 Å². The Bertz CT molecular complexity index is 361. The lowest BCUT2D eigenvalue weighted by Gasteiger charge is -2.15. The van der Waals surface area contributed by atoms with E-state index in [0.717, 1.165) is 18.7 Å². The largest absolute Gasteiger partial charge is 0.383 e. The average molecular weight is 244 g/mol. The molecule has 2 N–H and O–H groups in total. The van der Waals surface area contributed by atoms with Crippen LogP contribution in [0, 0.1) is 5.92 Å². The summed E-state index contributed by atoms with van der Waals surface area (Å²) in [5.74, 6) is 1.23. The molecular formula is C12H22ClN3. The third-order valence-electron chi connectivity index (χ3n) is 2.56. The Balaban J connectivity index is 2.96. The van der Waals surface area contributed by atoms with Crippen molar-refractivity contribution >= 4 is 17.4 Å². The minimum Gasteiger partial charge on any atom is -0.383 e. The van der Waals surface area contributed by atoms with E-state index in [4.69, 9.17) is 17.3 Å². The van der Waals surface area contributed by atoms with E-state index in [1.165, 1.54) is 0 Å². The third-order valence-corrected chi connectivity index (χ3v) is 2.93. The molecule has 0 fully saturated rings. The lowest BCUT2D eigenvalue weighted by molar-refractivity contribution is 0.475. The number of aromatic nitrogens is 2. The van der Waals surface area contributed by atoms with Crippen molar-refractivity contribution in [2.75, 3.05) is 5.73 Å². The minimum atomic E-state index is -0.0612. The van der Waals surface area contributed by atoms with Gasteiger partial charge in [0.15, 0.2) is 0 Å². The number of nitrogens with two attached hydrogens (primary N) is 1. The predicted octanol–water partition coefficient (Wildman–Crippen LogP) is 3.46. The fourth-order valence-corrected chi connectivity index (χ4v) is 1.90. The topological polar surface area (TPSA) is 43.8 Å². The summed E-state index contributed by atoms with van der Waals surface area (Å²) >= 11 is 6.21. The average Bonchev–Trinajstić information content (AvgIpc) is 2.40. The molecule has 1 aromatic heterocycles. The summed E-state index contributed by atoms with van der Waals surface area (Å²) in [7, 11) is 0. The first kappa shape index (κ1) is 13.4. The quantitative estimate of drug-likeness (QED) is 0.884. The molecule has 0 radical (unpaired) electrons. The number of hydrogen-bond acceptors (Lipinski definition) is 2. The van der Waals surface area contributed by atoms with Gasteiger partial charge in [0, 0.05) is 12.0 Å². The van der Waals surface area contributed by atoms with Gasteiger partial charge in [-0.3, -0.25) is 0 Å². The van der Waals surface area contributed by atoms with Gasteiger partial charge in [-0.05, 0) is 12.3 Å². The van der Waals surface area contributed by atoms with Crippen LogP contribution in [-0.4, -0.2) is 9.78 Å². The summed E-state index contributed by atoms with van der Waals surface area (Å²) in [6.45, 7) is 11.5. The third kappa shape index (κ3) is 2.91. The monoisotopic (exact) mass is 243 g/mol. The van der Waals surface area contributed by atoms with Crippen molar-refractivity contribution in [3.63, 3.8) is 0 Å². The van der Waals surface area contributed by atoms with Crippen LogP contribution in [0.2, 0.25) is 5.02 Å². The second kappa shape index (κ2) is 4.66. The van der Waals surface area contributed by atoms with Crippen molar-refractivity contribution < 1.29 is 0 Å². The molecule has 0 aliphatic rings. The van der Waals surface area contributed by atoms with Gasteiger partial charge in [0.05, 0.1) is 5.69 Å². The summed E-state index contributed by atoms with van der Waals surface area (Å²) in [6, 6.07) is 0. The summed E-state index contributed by atoms with van der Waals surface area (Å²) in [5.41, 5.74) is 6.78. The molecule has 0 aliphatic heterocycles. The number of nitrogens with zero attached hydrogens (tertiary/aromatic N) is 2. The van der Waals surface area contributed by atoms with Crippen LogP contribution in [0.5, 0.6) is 0 Å². The van der Waals surface area contributed by atoms with Crippen LogP contribution >= 0.6 is 11.6 Å². The van der Waals surface area contributed by atoms with Gasteiger partial charge in [0.1, 0.15) is 10.8 Å². The molecule has 0 spiro atoms. The maximum absolute atomic E-state index is 6.21. The number of halogens is 1. The SMILES string of the molecule is CC(C)CCn1nc(C(C)(C)C)c(Cl)c1N. The zero-order valence-electron chi connectivity index (χ0n) is 10.8. The highest BCUT2D eigenvalue weighted by atomic mass is 35.5. The first-order valence-electron chi connectivity index (χ1n) is 5.75. The molecule has 0 saturated carbocycles. The van der Waals surface area contributed by atoms with Crippen LogP contribution in [0.3, 0.4) is 0 Å². The molecule has 0 atom stereocenters. The molecule has 1 heterocycles. The first-order chi connectivity index (χ1) is 7.23. The van der Waals surface area contributed by atoms with Crippen LogP contribution in [0.15, 0.2) is 0 Å². The molecule has 1 aromatic rings. The Kier molecular flexibility index (Phi) is 3.89. The molecule has 0 unspecified atom stereocenters. The van der Waals surface area contributed by atoms with Crippen molar-refractivity contribution in [1.29, 1.82) is 0 Å². The molecule has 92 valence electrons. The van der Waals surface area contributed by atoms with Gasteiger partial charge < -0.3 is 5.73 Å². The summed E-state index contributed by atoms with van der Waals surface area (Å²) in [5, 5.41) is 5.12. The zero-order chi connectivity index (χ0) is 12.5. The van der Waals surface area contributed by atoms with E-state index in [0.29, 0.717) is 16.8 Å². The highest BCUT2D eigenvalue weighted by Gasteiger charge is 2.24. The van der Waals surface area contributed by atoms with Crippen LogP contribution in [0.25, 0.3) is 0 Å². The van der Waals surface area contributed by atoms with Crippen molar-refractivity contribution in [2.24, 2.45) is 5.92 Å². The van der Waals surface area contributed by atoms with E-state index in [1.54, 1.807) is 0 Å². The highest BCUT2D eigenvalue weighted by Crippen LogP contribution is 2.32. The molecule has 0 bridgehead atoms. The molecule has 0 amide bonds. The van der Waals surface area contributed by atoms with Crippen LogP contribution in [0.4, 0.5) is 5.82 Å². The molecule has 16 heavy (non-hydrogen) atoms. The molecule has 0 aliphatic carbocycles. The van der Waals surface area contributed by atoms with Crippen LogP contribution in [-0.2, 0) is 12.0 Å². The molecule has 3 nitrogen and oxygen atoms in total. The first-order valence-corrected chi connectivity index (χ1v) is 6.13. The zero-order valence-corrected chi connectivity index (χ0v) is 11.6. The predicted molar refractivity (Wildman–Crippen MR) is 69.8 cm³/mol. The van der Waals surface area contributed by atoms with Crippen molar-refractivity contribution in [2.45, 2.75) is 53.0 Å². The normalized spacial score (nSPS) is 12.4. The fraction of sp³-hybridized carbons (Fsp3) is 0.750.